The molecule has 0 saturated carbocycles. The van der Waals surface area contributed by atoms with Crippen molar-refractivity contribution < 1.29 is 9.90 Å². The molecule has 0 spiro atoms. The van der Waals surface area contributed by atoms with Gasteiger partial charge in [0.1, 0.15) is 0 Å². The van der Waals surface area contributed by atoms with Gasteiger partial charge in [-0.1, -0.05) is 45.0 Å². The Morgan fingerprint density at radius 2 is 1.90 bits per heavy atom. The van der Waals surface area contributed by atoms with Crippen LogP contribution in [0.3, 0.4) is 0 Å². The van der Waals surface area contributed by atoms with Crippen LogP contribution in [0.4, 0.5) is 4.79 Å². The number of amides is 2. The predicted molar refractivity (Wildman–Crippen MR) is 86.6 cm³/mol. The largest absolute Gasteiger partial charge is 0.392 e. The maximum atomic E-state index is 12.0. The quantitative estimate of drug-likeness (QED) is 0.846. The van der Waals surface area contributed by atoms with Crippen molar-refractivity contribution in [1.29, 1.82) is 0 Å². The van der Waals surface area contributed by atoms with Gasteiger partial charge < -0.3 is 15.3 Å². The highest BCUT2D eigenvalue weighted by molar-refractivity contribution is 5.74. The van der Waals surface area contributed by atoms with Crippen molar-refractivity contribution in [2.24, 2.45) is 0 Å². The zero-order valence-electron chi connectivity index (χ0n) is 13.8. The maximum Gasteiger partial charge on any atom is 0.317 e. The molecule has 4 heteroatoms. The zero-order valence-corrected chi connectivity index (χ0v) is 13.8. The van der Waals surface area contributed by atoms with Crippen molar-refractivity contribution in [3.8, 4) is 0 Å². The van der Waals surface area contributed by atoms with Crippen LogP contribution in [0.25, 0.3) is 0 Å². The highest BCUT2D eigenvalue weighted by Gasteiger charge is 2.22. The van der Waals surface area contributed by atoms with E-state index >= 15 is 0 Å². The van der Waals surface area contributed by atoms with Crippen LogP contribution in [0.15, 0.2) is 24.3 Å². The Bertz CT molecular complexity index is 452. The molecular weight excluding hydrogens is 264 g/mol. The SMILES string of the molecule is CCc1ccc(C(C)(C)CNC(=O)N(C)CC(C)O)cc1. The van der Waals surface area contributed by atoms with Crippen LogP contribution in [0.1, 0.15) is 38.8 Å². The summed E-state index contributed by atoms with van der Waals surface area (Å²) in [4.78, 5) is 13.5. The standard InChI is InChI=1S/C17H28N2O2/c1-6-14-7-9-15(10-8-14)17(3,4)12-18-16(21)19(5)11-13(2)20/h7-10,13,20H,6,11-12H2,1-5H3,(H,18,21). The van der Waals surface area contributed by atoms with Crippen LogP contribution in [0.5, 0.6) is 0 Å². The van der Waals surface area contributed by atoms with Gasteiger partial charge in [-0.15, -0.1) is 0 Å². The van der Waals surface area contributed by atoms with Crippen molar-refractivity contribution in [2.45, 2.75) is 45.6 Å². The molecule has 1 atom stereocenters. The van der Waals surface area contributed by atoms with E-state index in [2.05, 4.69) is 50.4 Å². The lowest BCUT2D eigenvalue weighted by Gasteiger charge is -2.28. The minimum Gasteiger partial charge on any atom is -0.392 e. The summed E-state index contributed by atoms with van der Waals surface area (Å²) in [6.07, 6.45) is 0.511. The summed E-state index contributed by atoms with van der Waals surface area (Å²) in [6, 6.07) is 8.38. The lowest BCUT2D eigenvalue weighted by atomic mass is 9.84. The Morgan fingerprint density at radius 3 is 2.38 bits per heavy atom. The van der Waals surface area contributed by atoms with Gasteiger partial charge in [-0.3, -0.25) is 0 Å². The number of nitrogens with one attached hydrogen (secondary N) is 1. The van der Waals surface area contributed by atoms with Crippen LogP contribution < -0.4 is 5.32 Å². The van der Waals surface area contributed by atoms with Crippen molar-refractivity contribution in [1.82, 2.24) is 10.2 Å². The number of likely N-dealkylation sites (N-methyl/N-ethyl adjacent to an activating group) is 1. The van der Waals surface area contributed by atoms with E-state index < -0.39 is 6.10 Å². The second kappa shape index (κ2) is 7.46. The molecule has 118 valence electrons. The van der Waals surface area contributed by atoms with Crippen molar-refractivity contribution in [2.75, 3.05) is 20.1 Å². The Hall–Kier alpha value is -1.55. The summed E-state index contributed by atoms with van der Waals surface area (Å²) in [5.41, 5.74) is 2.39. The average molecular weight is 292 g/mol. The van der Waals surface area contributed by atoms with Gasteiger partial charge in [0.05, 0.1) is 6.10 Å². The number of hydrogen-bond donors (Lipinski definition) is 2. The van der Waals surface area contributed by atoms with Crippen LogP contribution in [-0.4, -0.2) is 42.3 Å². The monoisotopic (exact) mass is 292 g/mol. The highest BCUT2D eigenvalue weighted by atomic mass is 16.3. The van der Waals surface area contributed by atoms with Crippen LogP contribution in [0, 0.1) is 0 Å². The van der Waals surface area contributed by atoms with E-state index in [0.717, 1.165) is 6.42 Å². The summed E-state index contributed by atoms with van der Waals surface area (Å²) < 4.78 is 0. The molecular formula is C17H28N2O2. The molecule has 21 heavy (non-hydrogen) atoms. The van der Waals surface area contributed by atoms with E-state index in [4.69, 9.17) is 0 Å². The minimum absolute atomic E-state index is 0.131. The van der Waals surface area contributed by atoms with Gasteiger partial charge in [0.15, 0.2) is 0 Å². The summed E-state index contributed by atoms with van der Waals surface area (Å²) in [7, 11) is 1.69. The number of nitrogens with zero attached hydrogens (tertiary/aromatic N) is 1. The third-order valence-corrected chi connectivity index (χ3v) is 3.71. The molecule has 1 unspecified atom stereocenters. The molecule has 1 aromatic carbocycles. The van der Waals surface area contributed by atoms with Crippen LogP contribution in [-0.2, 0) is 11.8 Å². The number of urea groups is 1. The zero-order chi connectivity index (χ0) is 16.0. The number of hydrogen-bond acceptors (Lipinski definition) is 2. The molecule has 0 heterocycles. The average Bonchev–Trinajstić information content (AvgIpc) is 2.44. The smallest absolute Gasteiger partial charge is 0.317 e. The first-order valence-corrected chi connectivity index (χ1v) is 7.52. The maximum absolute atomic E-state index is 12.0. The Kier molecular flexibility index (Phi) is 6.21. The molecule has 0 bridgehead atoms. The Labute approximate surface area is 128 Å². The van der Waals surface area contributed by atoms with Gasteiger partial charge in [-0.2, -0.15) is 0 Å². The Balaban J connectivity index is 2.61. The fourth-order valence-corrected chi connectivity index (χ4v) is 2.20. The number of aliphatic hydroxyl groups excluding tert-OH is 1. The topological polar surface area (TPSA) is 52.6 Å². The molecule has 2 N–H and O–H groups in total. The Morgan fingerprint density at radius 1 is 1.33 bits per heavy atom. The second-order valence-electron chi connectivity index (χ2n) is 6.32. The first-order chi connectivity index (χ1) is 9.76. The highest BCUT2D eigenvalue weighted by Crippen LogP contribution is 2.22. The molecule has 0 saturated heterocycles. The molecule has 0 fully saturated rings. The normalized spacial score (nSPS) is 12.9. The fraction of sp³-hybridized carbons (Fsp3) is 0.588. The van der Waals surface area contributed by atoms with Crippen LogP contribution >= 0.6 is 0 Å². The molecule has 2 amide bonds. The van der Waals surface area contributed by atoms with E-state index in [1.54, 1.807) is 14.0 Å². The molecule has 0 radical (unpaired) electrons. The van der Waals surface area contributed by atoms with Gasteiger partial charge in [-0.05, 0) is 24.5 Å². The van der Waals surface area contributed by atoms with Gasteiger partial charge in [-0.25, -0.2) is 4.79 Å². The minimum atomic E-state index is -0.518. The number of aliphatic hydroxyl groups is 1. The lowest BCUT2D eigenvalue weighted by Crippen LogP contribution is -2.45. The molecule has 0 aliphatic heterocycles. The van der Waals surface area contributed by atoms with Gasteiger partial charge in [0.2, 0.25) is 0 Å². The summed E-state index contributed by atoms with van der Waals surface area (Å²) >= 11 is 0. The first kappa shape index (κ1) is 17.5. The number of benzene rings is 1. The first-order valence-electron chi connectivity index (χ1n) is 7.52. The van der Waals surface area contributed by atoms with Crippen molar-refractivity contribution in [3.63, 3.8) is 0 Å². The number of carbonyl (C=O) groups is 1. The van der Waals surface area contributed by atoms with E-state index in [0.29, 0.717) is 13.1 Å². The van der Waals surface area contributed by atoms with E-state index in [1.165, 1.54) is 16.0 Å². The molecule has 0 aliphatic rings. The number of aryl methyl sites for hydroxylation is 1. The molecule has 0 aromatic heterocycles. The van der Waals surface area contributed by atoms with E-state index in [9.17, 15) is 9.90 Å². The van der Waals surface area contributed by atoms with Gasteiger partial charge in [0, 0.05) is 25.6 Å². The number of rotatable bonds is 6. The van der Waals surface area contributed by atoms with Crippen molar-refractivity contribution >= 4 is 6.03 Å². The lowest BCUT2D eigenvalue weighted by molar-refractivity contribution is 0.143. The summed E-state index contributed by atoms with van der Waals surface area (Å²) in [5, 5.41) is 12.2. The third-order valence-electron chi connectivity index (χ3n) is 3.71. The molecule has 4 nitrogen and oxygen atoms in total. The van der Waals surface area contributed by atoms with E-state index in [1.807, 2.05) is 0 Å². The second-order valence-corrected chi connectivity index (χ2v) is 6.32. The summed E-state index contributed by atoms with van der Waals surface area (Å²) in [5.74, 6) is 0. The predicted octanol–water partition coefficient (Wildman–Crippen LogP) is 2.55. The van der Waals surface area contributed by atoms with Crippen molar-refractivity contribution in [3.05, 3.63) is 35.4 Å². The van der Waals surface area contributed by atoms with Gasteiger partial charge >= 0.3 is 6.03 Å². The molecule has 0 aliphatic carbocycles. The number of carbonyl (C=O) groups excluding carboxylic acids is 1. The summed E-state index contributed by atoms with van der Waals surface area (Å²) in [6.45, 7) is 8.92. The molecule has 1 aromatic rings. The fourth-order valence-electron chi connectivity index (χ4n) is 2.20. The molecule has 1 rings (SSSR count). The van der Waals surface area contributed by atoms with Gasteiger partial charge in [0.25, 0.3) is 0 Å². The van der Waals surface area contributed by atoms with Crippen LogP contribution in [0.2, 0.25) is 0 Å². The third kappa shape index (κ3) is 5.38. The van der Waals surface area contributed by atoms with E-state index in [-0.39, 0.29) is 11.4 Å².